The van der Waals surface area contributed by atoms with E-state index in [9.17, 15) is 14.4 Å². The van der Waals surface area contributed by atoms with Crippen LogP contribution in [0.2, 0.25) is 0 Å². The lowest BCUT2D eigenvalue weighted by Gasteiger charge is -2.41. The first-order valence-electron chi connectivity index (χ1n) is 9.38. The number of ether oxygens (including phenoxy) is 3. The van der Waals surface area contributed by atoms with Crippen molar-refractivity contribution in [1.82, 2.24) is 0 Å². The number of para-hydroxylation sites is 2. The Morgan fingerprint density at radius 1 is 1.03 bits per heavy atom. The standard InChI is InChI=1S/C22H24N2O6/c1-22(2)21(27)23-15-7-5-6-8-16(15)24(22)19(25)13-30-20(26)12-14-9-10-17(28-3)18(11-14)29-4/h5-11H,12-13H2,1-4H3,(H,23,27). The lowest BCUT2D eigenvalue weighted by Crippen LogP contribution is -2.59. The summed E-state index contributed by atoms with van der Waals surface area (Å²) in [6.45, 7) is 2.81. The fraction of sp³-hybridized carbons (Fsp3) is 0.318. The van der Waals surface area contributed by atoms with Gasteiger partial charge in [-0.1, -0.05) is 18.2 Å². The van der Waals surface area contributed by atoms with E-state index in [0.29, 0.717) is 28.4 Å². The van der Waals surface area contributed by atoms with Crippen LogP contribution in [0.25, 0.3) is 0 Å². The summed E-state index contributed by atoms with van der Waals surface area (Å²) in [5.74, 6) is -0.317. The average Bonchev–Trinajstić information content (AvgIpc) is 2.72. The van der Waals surface area contributed by atoms with Crippen LogP contribution in [0.15, 0.2) is 42.5 Å². The van der Waals surface area contributed by atoms with Gasteiger partial charge in [0.1, 0.15) is 5.54 Å². The highest BCUT2D eigenvalue weighted by atomic mass is 16.5. The van der Waals surface area contributed by atoms with E-state index in [1.165, 1.54) is 19.1 Å². The maximum atomic E-state index is 12.9. The lowest BCUT2D eigenvalue weighted by atomic mass is 9.96. The fourth-order valence-corrected chi connectivity index (χ4v) is 3.31. The normalized spacial score (nSPS) is 14.4. The quantitative estimate of drug-likeness (QED) is 0.733. The molecule has 0 fully saturated rings. The van der Waals surface area contributed by atoms with Gasteiger partial charge in [0.25, 0.3) is 5.91 Å². The molecule has 2 aromatic carbocycles. The number of methoxy groups -OCH3 is 2. The summed E-state index contributed by atoms with van der Waals surface area (Å²) in [6.07, 6.45) is -0.0336. The second kappa shape index (κ2) is 8.44. The molecule has 30 heavy (non-hydrogen) atoms. The maximum absolute atomic E-state index is 12.9. The average molecular weight is 412 g/mol. The van der Waals surface area contributed by atoms with Gasteiger partial charge in [0.2, 0.25) is 5.91 Å². The van der Waals surface area contributed by atoms with Crippen molar-refractivity contribution in [2.24, 2.45) is 0 Å². The predicted molar refractivity (Wildman–Crippen MR) is 111 cm³/mol. The predicted octanol–water partition coefficient (Wildman–Crippen LogP) is 2.55. The number of nitrogens with zero attached hydrogens (tertiary/aromatic N) is 1. The Bertz CT molecular complexity index is 985. The van der Waals surface area contributed by atoms with E-state index in [1.807, 2.05) is 0 Å². The first-order chi connectivity index (χ1) is 14.3. The molecule has 2 aromatic rings. The summed E-state index contributed by atoms with van der Waals surface area (Å²) < 4.78 is 15.6. The van der Waals surface area contributed by atoms with Crippen molar-refractivity contribution in [3.8, 4) is 11.5 Å². The van der Waals surface area contributed by atoms with Crippen LogP contribution in [-0.4, -0.2) is 44.1 Å². The minimum Gasteiger partial charge on any atom is -0.493 e. The fourth-order valence-electron chi connectivity index (χ4n) is 3.31. The highest BCUT2D eigenvalue weighted by Crippen LogP contribution is 2.36. The van der Waals surface area contributed by atoms with Gasteiger partial charge in [0.05, 0.1) is 32.0 Å². The minimum atomic E-state index is -1.12. The van der Waals surface area contributed by atoms with Crippen molar-refractivity contribution >= 4 is 29.2 Å². The summed E-state index contributed by atoms with van der Waals surface area (Å²) in [5.41, 5.74) is 0.629. The zero-order chi connectivity index (χ0) is 21.9. The summed E-state index contributed by atoms with van der Waals surface area (Å²) in [4.78, 5) is 39.0. The number of carbonyl (C=O) groups is 3. The molecule has 0 unspecified atom stereocenters. The molecule has 1 heterocycles. The minimum absolute atomic E-state index is 0.0336. The van der Waals surface area contributed by atoms with Gasteiger partial charge in [0, 0.05) is 0 Å². The molecule has 2 amide bonds. The van der Waals surface area contributed by atoms with Crippen molar-refractivity contribution in [3.05, 3.63) is 48.0 Å². The van der Waals surface area contributed by atoms with Gasteiger partial charge in [-0.15, -0.1) is 0 Å². The van der Waals surface area contributed by atoms with Crippen molar-refractivity contribution in [2.75, 3.05) is 31.0 Å². The van der Waals surface area contributed by atoms with Crippen LogP contribution in [0.5, 0.6) is 11.5 Å². The third-order valence-electron chi connectivity index (χ3n) is 4.91. The number of fused-ring (bicyclic) bond motifs is 1. The van der Waals surface area contributed by atoms with Crippen LogP contribution in [0.3, 0.4) is 0 Å². The number of rotatable bonds is 6. The Hall–Kier alpha value is -3.55. The molecule has 0 radical (unpaired) electrons. The molecule has 0 aliphatic carbocycles. The Morgan fingerprint density at radius 3 is 2.43 bits per heavy atom. The molecular weight excluding hydrogens is 388 g/mol. The van der Waals surface area contributed by atoms with Gasteiger partial charge < -0.3 is 19.5 Å². The Morgan fingerprint density at radius 2 is 1.73 bits per heavy atom. The number of benzene rings is 2. The molecule has 0 spiro atoms. The van der Waals surface area contributed by atoms with Crippen LogP contribution in [0, 0.1) is 0 Å². The van der Waals surface area contributed by atoms with Gasteiger partial charge in [0.15, 0.2) is 18.1 Å². The second-order valence-corrected chi connectivity index (χ2v) is 7.29. The Labute approximate surface area is 174 Å². The molecule has 1 N–H and O–H groups in total. The van der Waals surface area contributed by atoms with Crippen LogP contribution in [0.1, 0.15) is 19.4 Å². The number of nitrogens with one attached hydrogen (secondary N) is 1. The van der Waals surface area contributed by atoms with Crippen molar-refractivity contribution < 1.29 is 28.6 Å². The van der Waals surface area contributed by atoms with Crippen molar-refractivity contribution in [3.63, 3.8) is 0 Å². The SMILES string of the molecule is COc1ccc(CC(=O)OCC(=O)N2c3ccccc3NC(=O)C2(C)C)cc1OC. The Kier molecular flexibility index (Phi) is 5.96. The van der Waals surface area contributed by atoms with Crippen LogP contribution >= 0.6 is 0 Å². The molecule has 0 aromatic heterocycles. The number of hydrogen-bond acceptors (Lipinski definition) is 6. The molecule has 1 aliphatic heterocycles. The molecule has 158 valence electrons. The molecule has 0 atom stereocenters. The van der Waals surface area contributed by atoms with Gasteiger partial charge in [-0.25, -0.2) is 0 Å². The van der Waals surface area contributed by atoms with Gasteiger partial charge >= 0.3 is 5.97 Å². The highest BCUT2D eigenvalue weighted by Gasteiger charge is 2.43. The smallest absolute Gasteiger partial charge is 0.310 e. The van der Waals surface area contributed by atoms with E-state index in [2.05, 4.69) is 5.32 Å². The van der Waals surface area contributed by atoms with E-state index in [0.717, 1.165) is 0 Å². The van der Waals surface area contributed by atoms with E-state index >= 15 is 0 Å². The molecule has 0 saturated carbocycles. The molecule has 8 nitrogen and oxygen atoms in total. The van der Waals surface area contributed by atoms with Crippen LogP contribution in [-0.2, 0) is 25.5 Å². The molecular formula is C22H24N2O6. The first-order valence-corrected chi connectivity index (χ1v) is 9.38. The number of amides is 2. The molecule has 0 saturated heterocycles. The van der Waals surface area contributed by atoms with E-state index in [-0.39, 0.29) is 12.3 Å². The molecule has 8 heteroatoms. The lowest BCUT2D eigenvalue weighted by molar-refractivity contribution is -0.147. The van der Waals surface area contributed by atoms with Gasteiger partial charge in [-0.2, -0.15) is 0 Å². The summed E-state index contributed by atoms with van der Waals surface area (Å²) in [6, 6.07) is 12.1. The van der Waals surface area contributed by atoms with E-state index < -0.39 is 24.0 Å². The van der Waals surface area contributed by atoms with E-state index in [1.54, 1.807) is 56.3 Å². The molecule has 1 aliphatic rings. The highest BCUT2D eigenvalue weighted by molar-refractivity contribution is 6.14. The monoisotopic (exact) mass is 412 g/mol. The van der Waals surface area contributed by atoms with E-state index in [4.69, 9.17) is 14.2 Å². The van der Waals surface area contributed by atoms with Gasteiger partial charge in [-0.3, -0.25) is 19.3 Å². The summed E-state index contributed by atoms with van der Waals surface area (Å²) in [5, 5.41) is 2.79. The maximum Gasteiger partial charge on any atom is 0.310 e. The number of hydrogen-bond donors (Lipinski definition) is 1. The number of anilines is 2. The summed E-state index contributed by atoms with van der Waals surface area (Å²) >= 11 is 0. The first kappa shape index (κ1) is 21.2. The van der Waals surface area contributed by atoms with Crippen molar-refractivity contribution in [1.29, 1.82) is 0 Å². The zero-order valence-corrected chi connectivity index (χ0v) is 17.4. The van der Waals surface area contributed by atoms with Crippen LogP contribution < -0.4 is 19.7 Å². The van der Waals surface area contributed by atoms with Crippen molar-refractivity contribution in [2.45, 2.75) is 25.8 Å². The largest absolute Gasteiger partial charge is 0.493 e. The zero-order valence-electron chi connectivity index (χ0n) is 17.4. The number of carbonyl (C=O) groups excluding carboxylic acids is 3. The molecule has 3 rings (SSSR count). The number of esters is 1. The summed E-state index contributed by atoms with van der Waals surface area (Å²) in [7, 11) is 3.03. The second-order valence-electron chi connectivity index (χ2n) is 7.29. The van der Waals surface area contributed by atoms with Crippen LogP contribution in [0.4, 0.5) is 11.4 Å². The topological polar surface area (TPSA) is 94.2 Å². The third kappa shape index (κ3) is 4.07. The van der Waals surface area contributed by atoms with Gasteiger partial charge in [-0.05, 0) is 43.7 Å². The molecule has 0 bridgehead atoms. The third-order valence-corrected chi connectivity index (χ3v) is 4.91. The Balaban J connectivity index is 1.69.